The second-order valence-corrected chi connectivity index (χ2v) is 7.61. The number of aliphatic imine (C=N–C) groups is 1. The van der Waals surface area contributed by atoms with Crippen LogP contribution in [0.5, 0.6) is 0 Å². The van der Waals surface area contributed by atoms with Crippen LogP contribution in [0.25, 0.3) is 10.4 Å². The summed E-state index contributed by atoms with van der Waals surface area (Å²) in [6.45, 7) is 2.57. The Labute approximate surface area is 199 Å². The zero-order chi connectivity index (χ0) is 25.4. The van der Waals surface area contributed by atoms with Crippen molar-refractivity contribution in [2.45, 2.75) is 57.3 Å². The van der Waals surface area contributed by atoms with Gasteiger partial charge in [-0.05, 0) is 30.2 Å². The van der Waals surface area contributed by atoms with Crippen molar-refractivity contribution < 1.29 is 36.9 Å². The van der Waals surface area contributed by atoms with Crippen molar-refractivity contribution in [3.63, 3.8) is 0 Å². The number of alkyl halides is 3. The maximum atomic E-state index is 13.8. The molecule has 186 valence electrons. The van der Waals surface area contributed by atoms with Gasteiger partial charge in [0.25, 0.3) is 5.90 Å². The minimum absolute atomic E-state index is 0.00319. The third-order valence-electron chi connectivity index (χ3n) is 4.99. The molecule has 9 nitrogen and oxygen atoms in total. The predicted molar refractivity (Wildman–Crippen MR) is 119 cm³/mol. The van der Waals surface area contributed by atoms with Crippen molar-refractivity contribution in [3.05, 3.63) is 76.7 Å². The molecule has 0 spiro atoms. The van der Waals surface area contributed by atoms with Crippen molar-refractivity contribution in [3.8, 4) is 0 Å². The molecule has 2 aromatic carbocycles. The Morgan fingerprint density at radius 2 is 1.69 bits per heavy atom. The molecule has 3 rings (SSSR count). The molecule has 0 unspecified atom stereocenters. The Bertz CT molecular complexity index is 1060. The van der Waals surface area contributed by atoms with E-state index in [0.717, 1.165) is 12.5 Å². The number of rotatable bonds is 7. The molecule has 0 bridgehead atoms. The van der Waals surface area contributed by atoms with E-state index in [1.807, 2.05) is 0 Å². The van der Waals surface area contributed by atoms with Gasteiger partial charge in [-0.3, -0.25) is 4.79 Å². The van der Waals surface area contributed by atoms with Gasteiger partial charge in [0.05, 0.1) is 24.4 Å². The van der Waals surface area contributed by atoms with Crippen LogP contribution >= 0.6 is 0 Å². The smallest absolute Gasteiger partial charge is 0.453 e. The van der Waals surface area contributed by atoms with Crippen LogP contribution in [0.15, 0.2) is 70.8 Å². The van der Waals surface area contributed by atoms with E-state index in [4.69, 9.17) is 24.5 Å². The first-order chi connectivity index (χ1) is 16.7. The third kappa shape index (κ3) is 7.19. The number of nitrogens with zero attached hydrogens (tertiary/aromatic N) is 4. The van der Waals surface area contributed by atoms with Crippen LogP contribution in [0.1, 0.15) is 19.4 Å². The fourth-order valence-corrected chi connectivity index (χ4v) is 3.46. The lowest BCUT2D eigenvalue weighted by Gasteiger charge is -2.43. The lowest BCUT2D eigenvalue weighted by molar-refractivity contribution is -0.266. The van der Waals surface area contributed by atoms with E-state index in [1.54, 1.807) is 36.4 Å². The predicted octanol–water partition coefficient (Wildman–Crippen LogP) is 5.24. The Morgan fingerprint density at radius 1 is 1.06 bits per heavy atom. The Hall–Kier alpha value is -3.60. The van der Waals surface area contributed by atoms with Gasteiger partial charge in [-0.1, -0.05) is 53.6 Å². The van der Waals surface area contributed by atoms with Gasteiger partial charge in [0.1, 0.15) is 6.10 Å². The van der Waals surface area contributed by atoms with Crippen LogP contribution in [0.3, 0.4) is 0 Å². The number of benzene rings is 2. The van der Waals surface area contributed by atoms with Crippen LogP contribution in [-0.2, 0) is 30.3 Å². The molecule has 1 saturated heterocycles. The normalized spacial score (nSPS) is 24.8. The number of carbonyl (C=O) groups is 1. The Morgan fingerprint density at radius 3 is 2.26 bits per heavy atom. The van der Waals surface area contributed by atoms with Gasteiger partial charge in [-0.15, -0.1) is 0 Å². The zero-order valence-electron chi connectivity index (χ0n) is 18.8. The zero-order valence-corrected chi connectivity index (χ0v) is 18.8. The molecule has 1 heterocycles. The van der Waals surface area contributed by atoms with E-state index >= 15 is 0 Å². The highest BCUT2D eigenvalue weighted by molar-refractivity contribution is 5.84. The molecule has 1 aliphatic rings. The molecule has 5 atom stereocenters. The number of azide groups is 1. The number of hydrogen-bond acceptors (Lipinski definition) is 7. The minimum Gasteiger partial charge on any atom is -0.453 e. The average Bonchev–Trinajstić information content (AvgIpc) is 2.81. The Kier molecular flexibility index (Phi) is 8.69. The second kappa shape index (κ2) is 11.7. The van der Waals surface area contributed by atoms with Crippen LogP contribution < -0.4 is 0 Å². The first-order valence-electron chi connectivity index (χ1n) is 10.6. The molecule has 0 aromatic heterocycles. The van der Waals surface area contributed by atoms with Crippen LogP contribution in [0.4, 0.5) is 18.9 Å². The van der Waals surface area contributed by atoms with Crippen LogP contribution in [-0.4, -0.2) is 48.7 Å². The largest absolute Gasteiger partial charge is 0.468 e. The molecule has 0 radical (unpaired) electrons. The SMILES string of the molecule is CC(=O)O[C@@H]1[C@@H](OC(=Nc2ccccc2)C(F)(F)F)O[C@H](C)[C@@H](N=[N+]=[N-])[C@@H]1OCc1ccccc1. The molecule has 12 heteroatoms. The molecule has 0 amide bonds. The number of para-hydroxylation sites is 1. The summed E-state index contributed by atoms with van der Waals surface area (Å²) in [7, 11) is 0. The summed E-state index contributed by atoms with van der Waals surface area (Å²) in [4.78, 5) is 18.2. The van der Waals surface area contributed by atoms with Crippen molar-refractivity contribution >= 4 is 17.6 Å². The van der Waals surface area contributed by atoms with Gasteiger partial charge >= 0.3 is 12.1 Å². The highest BCUT2D eigenvalue weighted by Crippen LogP contribution is 2.32. The molecular formula is C23H23F3N4O5. The van der Waals surface area contributed by atoms with Crippen molar-refractivity contribution in [2.75, 3.05) is 0 Å². The molecule has 35 heavy (non-hydrogen) atoms. The van der Waals surface area contributed by atoms with E-state index in [-0.39, 0.29) is 12.3 Å². The molecule has 1 aliphatic heterocycles. The first-order valence-corrected chi connectivity index (χ1v) is 10.6. The topological polar surface area (TPSA) is 115 Å². The van der Waals surface area contributed by atoms with Gasteiger partial charge < -0.3 is 18.9 Å². The van der Waals surface area contributed by atoms with E-state index in [2.05, 4.69) is 15.0 Å². The highest BCUT2D eigenvalue weighted by atomic mass is 19.4. The number of esters is 1. The van der Waals surface area contributed by atoms with Crippen LogP contribution in [0, 0.1) is 0 Å². The summed E-state index contributed by atoms with van der Waals surface area (Å²) in [5.41, 5.74) is 9.77. The Balaban J connectivity index is 1.95. The first kappa shape index (κ1) is 26.0. The lowest BCUT2D eigenvalue weighted by Crippen LogP contribution is -2.59. The summed E-state index contributed by atoms with van der Waals surface area (Å²) < 4.78 is 63.3. The van der Waals surface area contributed by atoms with Gasteiger partial charge in [-0.2, -0.15) is 13.2 Å². The van der Waals surface area contributed by atoms with E-state index in [0.29, 0.717) is 0 Å². The summed E-state index contributed by atoms with van der Waals surface area (Å²) in [5, 5.41) is 3.68. The number of ether oxygens (including phenoxy) is 4. The van der Waals surface area contributed by atoms with Gasteiger partial charge in [-0.25, -0.2) is 4.99 Å². The second-order valence-electron chi connectivity index (χ2n) is 7.61. The standard InChI is InChI=1S/C23H23F3N4O5/c1-14-18(29-30-27)19(32-13-16-9-5-3-6-10-16)20(34-15(2)31)21(33-14)35-22(23(24,25)26)28-17-11-7-4-8-12-17/h3-12,14,18-21H,13H2,1-2H3/t14-,18-,19+,20+,21-/m1/s1. The average molecular weight is 492 g/mol. The lowest BCUT2D eigenvalue weighted by atomic mass is 9.97. The summed E-state index contributed by atoms with van der Waals surface area (Å²) in [6.07, 6.45) is -10.3. The molecule has 1 fully saturated rings. The van der Waals surface area contributed by atoms with Crippen LogP contribution in [0.2, 0.25) is 0 Å². The van der Waals surface area contributed by atoms with E-state index in [9.17, 15) is 18.0 Å². The highest BCUT2D eigenvalue weighted by Gasteiger charge is 2.51. The molecule has 0 saturated carbocycles. The number of carbonyl (C=O) groups excluding carboxylic acids is 1. The van der Waals surface area contributed by atoms with Gasteiger partial charge in [0.2, 0.25) is 6.29 Å². The van der Waals surface area contributed by atoms with Gasteiger partial charge in [0.15, 0.2) is 6.10 Å². The summed E-state index contributed by atoms with van der Waals surface area (Å²) in [5.74, 6) is -2.41. The van der Waals surface area contributed by atoms with E-state index in [1.165, 1.54) is 31.2 Å². The molecule has 2 aromatic rings. The molecule has 0 aliphatic carbocycles. The quantitative estimate of drug-likeness (QED) is 0.131. The summed E-state index contributed by atoms with van der Waals surface area (Å²) in [6, 6.07) is 15.3. The number of hydrogen-bond donors (Lipinski definition) is 0. The fraction of sp³-hybridized carbons (Fsp3) is 0.391. The fourth-order valence-electron chi connectivity index (χ4n) is 3.46. The van der Waals surface area contributed by atoms with Gasteiger partial charge in [0, 0.05) is 11.8 Å². The van der Waals surface area contributed by atoms with Crippen molar-refractivity contribution in [1.29, 1.82) is 0 Å². The molecule has 0 N–H and O–H groups in total. The third-order valence-corrected chi connectivity index (χ3v) is 4.99. The maximum Gasteiger partial charge on any atom is 0.468 e. The monoisotopic (exact) mass is 492 g/mol. The number of halogens is 3. The molecular weight excluding hydrogens is 469 g/mol. The summed E-state index contributed by atoms with van der Waals surface area (Å²) >= 11 is 0. The van der Waals surface area contributed by atoms with Crippen molar-refractivity contribution in [1.82, 2.24) is 0 Å². The van der Waals surface area contributed by atoms with Crippen molar-refractivity contribution in [2.24, 2.45) is 10.1 Å². The maximum absolute atomic E-state index is 13.8. The van der Waals surface area contributed by atoms with E-state index < -0.39 is 48.7 Å². The minimum atomic E-state index is -4.98.